The lowest BCUT2D eigenvalue weighted by Gasteiger charge is -2.36. The van der Waals surface area contributed by atoms with Gasteiger partial charge in [-0.15, -0.1) is 5.06 Å². The van der Waals surface area contributed by atoms with Crippen molar-refractivity contribution in [1.29, 1.82) is 0 Å². The van der Waals surface area contributed by atoms with Crippen molar-refractivity contribution in [2.45, 2.75) is 32.4 Å². The molecule has 0 fully saturated rings. The lowest BCUT2D eigenvalue weighted by molar-refractivity contribution is -0.158. The van der Waals surface area contributed by atoms with Crippen LogP contribution in [-0.2, 0) is 9.57 Å². The molecule has 2 aromatic carbocycles. The van der Waals surface area contributed by atoms with E-state index in [-0.39, 0.29) is 11.6 Å². The molecule has 1 atom stereocenters. The Balaban J connectivity index is 2.13. The first-order valence-corrected chi connectivity index (χ1v) is 8.32. The maximum atomic E-state index is 6.38. The van der Waals surface area contributed by atoms with Gasteiger partial charge in [0.25, 0.3) is 0 Å². The average Bonchev–Trinajstić information content (AvgIpc) is 2.96. The topological polar surface area (TPSA) is 21.7 Å². The number of benzene rings is 2. The van der Waals surface area contributed by atoms with Gasteiger partial charge >= 0.3 is 0 Å². The molecular weight excluding hydrogens is 298 g/mol. The molecule has 3 heteroatoms. The van der Waals surface area contributed by atoms with Crippen molar-refractivity contribution in [2.24, 2.45) is 0 Å². The lowest BCUT2D eigenvalue weighted by atomic mass is 9.94. The quantitative estimate of drug-likeness (QED) is 0.804. The van der Waals surface area contributed by atoms with Gasteiger partial charge in [0.05, 0.1) is 12.6 Å². The van der Waals surface area contributed by atoms with E-state index in [4.69, 9.17) is 9.57 Å². The van der Waals surface area contributed by atoms with E-state index in [1.54, 1.807) is 7.11 Å². The molecule has 3 nitrogen and oxygen atoms in total. The van der Waals surface area contributed by atoms with E-state index in [2.05, 4.69) is 62.2 Å². The molecule has 3 rings (SSSR count). The minimum absolute atomic E-state index is 0.0429. The fourth-order valence-corrected chi connectivity index (χ4v) is 3.10. The molecule has 0 N–H and O–H groups in total. The van der Waals surface area contributed by atoms with Crippen molar-refractivity contribution in [3.8, 4) is 0 Å². The Kier molecular flexibility index (Phi) is 4.74. The van der Waals surface area contributed by atoms with Gasteiger partial charge in [0.1, 0.15) is 0 Å². The maximum absolute atomic E-state index is 6.38. The number of nitrogens with zero attached hydrogens (tertiary/aromatic N) is 1. The van der Waals surface area contributed by atoms with Crippen LogP contribution in [0.15, 0.2) is 66.2 Å². The van der Waals surface area contributed by atoms with Gasteiger partial charge in [0.2, 0.25) is 0 Å². The zero-order valence-corrected chi connectivity index (χ0v) is 14.8. The summed E-state index contributed by atoms with van der Waals surface area (Å²) in [6, 6.07) is 20.8. The summed E-state index contributed by atoms with van der Waals surface area (Å²) in [6.07, 6.45) is 0. The van der Waals surface area contributed by atoms with E-state index in [1.165, 1.54) is 5.56 Å². The third-order valence-corrected chi connectivity index (χ3v) is 4.16. The highest BCUT2D eigenvalue weighted by molar-refractivity contribution is 5.66. The predicted octanol–water partition coefficient (Wildman–Crippen LogP) is 4.83. The Hall–Kier alpha value is -2.10. The van der Waals surface area contributed by atoms with Gasteiger partial charge in [-0.1, -0.05) is 60.7 Å². The lowest BCUT2D eigenvalue weighted by Crippen LogP contribution is -2.41. The van der Waals surface area contributed by atoms with Crippen LogP contribution in [-0.4, -0.2) is 24.3 Å². The Morgan fingerprint density at radius 2 is 1.54 bits per heavy atom. The highest BCUT2D eigenvalue weighted by atomic mass is 16.7. The van der Waals surface area contributed by atoms with Crippen molar-refractivity contribution in [2.75, 3.05) is 13.7 Å². The normalized spacial score (nSPS) is 18.8. The minimum atomic E-state index is -0.143. The Morgan fingerprint density at radius 1 is 0.958 bits per heavy atom. The summed E-state index contributed by atoms with van der Waals surface area (Å²) in [5.41, 5.74) is 3.31. The van der Waals surface area contributed by atoms with Gasteiger partial charge < -0.3 is 9.57 Å². The molecule has 2 aromatic rings. The molecule has 126 valence electrons. The number of hydrogen-bond donors (Lipinski definition) is 0. The van der Waals surface area contributed by atoms with Crippen LogP contribution in [0.25, 0.3) is 5.76 Å². The fourth-order valence-electron chi connectivity index (χ4n) is 3.10. The molecule has 0 radical (unpaired) electrons. The van der Waals surface area contributed by atoms with Crippen molar-refractivity contribution < 1.29 is 9.57 Å². The minimum Gasteiger partial charge on any atom is -0.404 e. The van der Waals surface area contributed by atoms with Crippen LogP contribution < -0.4 is 0 Å². The monoisotopic (exact) mass is 323 g/mol. The first-order valence-electron chi connectivity index (χ1n) is 8.32. The molecular formula is C21H25NO2. The molecule has 24 heavy (non-hydrogen) atoms. The van der Waals surface area contributed by atoms with Crippen molar-refractivity contribution >= 4 is 5.76 Å². The second-order valence-electron chi connectivity index (χ2n) is 7.05. The van der Waals surface area contributed by atoms with E-state index in [0.717, 1.165) is 16.9 Å². The molecule has 0 amide bonds. The smallest absolute Gasteiger partial charge is 0.158 e. The van der Waals surface area contributed by atoms with Crippen LogP contribution in [0.2, 0.25) is 0 Å². The number of hydroxylamine groups is 2. The maximum Gasteiger partial charge on any atom is 0.158 e. The second-order valence-corrected chi connectivity index (χ2v) is 7.05. The van der Waals surface area contributed by atoms with E-state index in [1.807, 2.05) is 24.3 Å². The number of ether oxygens (including phenoxy) is 1. The van der Waals surface area contributed by atoms with Gasteiger partial charge in [0.15, 0.2) is 5.76 Å². The van der Waals surface area contributed by atoms with E-state index >= 15 is 0 Å². The Labute approximate surface area is 144 Å². The second kappa shape index (κ2) is 6.80. The number of methoxy groups -OCH3 is 1. The van der Waals surface area contributed by atoms with E-state index in [9.17, 15) is 0 Å². The van der Waals surface area contributed by atoms with Crippen LogP contribution in [0.4, 0.5) is 0 Å². The molecule has 0 aromatic heterocycles. The Bertz CT molecular complexity index is 702. The van der Waals surface area contributed by atoms with Crippen LogP contribution in [0.3, 0.4) is 0 Å². The molecule has 0 spiro atoms. The number of hydrogen-bond acceptors (Lipinski definition) is 3. The van der Waals surface area contributed by atoms with Gasteiger partial charge in [0, 0.05) is 23.8 Å². The SMILES string of the molecule is COCC1=C(c2ccccc2)ON(C(C)(C)C)C1c1ccccc1. The molecule has 1 aliphatic rings. The summed E-state index contributed by atoms with van der Waals surface area (Å²) in [7, 11) is 1.73. The third-order valence-electron chi connectivity index (χ3n) is 4.16. The summed E-state index contributed by atoms with van der Waals surface area (Å²) in [6.45, 7) is 7.04. The average molecular weight is 323 g/mol. The highest BCUT2D eigenvalue weighted by Crippen LogP contribution is 2.45. The van der Waals surface area contributed by atoms with Gasteiger partial charge in [-0.2, -0.15) is 0 Å². The van der Waals surface area contributed by atoms with Crippen molar-refractivity contribution in [1.82, 2.24) is 5.06 Å². The molecule has 0 saturated heterocycles. The van der Waals surface area contributed by atoms with E-state index < -0.39 is 0 Å². The number of rotatable bonds is 4. The summed E-state index contributed by atoms with van der Waals surface area (Å²) < 4.78 is 5.53. The first-order chi connectivity index (χ1) is 11.5. The standard InChI is InChI=1S/C21H25NO2/c1-21(2,3)22-19(16-11-7-5-8-12-16)18(15-23-4)20(24-22)17-13-9-6-10-14-17/h5-14,19H,15H2,1-4H3. The predicted molar refractivity (Wildman–Crippen MR) is 97.1 cm³/mol. The molecule has 0 bridgehead atoms. The fraction of sp³-hybridized carbons (Fsp3) is 0.333. The van der Waals surface area contributed by atoms with Crippen LogP contribution in [0.1, 0.15) is 37.9 Å². The zero-order valence-electron chi connectivity index (χ0n) is 14.8. The van der Waals surface area contributed by atoms with E-state index in [0.29, 0.717) is 6.61 Å². The molecule has 1 unspecified atom stereocenters. The third kappa shape index (κ3) is 3.23. The summed E-state index contributed by atoms with van der Waals surface area (Å²) in [5.74, 6) is 0.904. The molecule has 1 aliphatic heterocycles. The van der Waals surface area contributed by atoms with Crippen LogP contribution >= 0.6 is 0 Å². The van der Waals surface area contributed by atoms with Crippen LogP contribution in [0.5, 0.6) is 0 Å². The van der Waals surface area contributed by atoms with Gasteiger partial charge in [-0.25, -0.2) is 0 Å². The van der Waals surface area contributed by atoms with Gasteiger partial charge in [-0.05, 0) is 26.3 Å². The molecule has 0 saturated carbocycles. The van der Waals surface area contributed by atoms with Gasteiger partial charge in [-0.3, -0.25) is 0 Å². The molecule has 1 heterocycles. The zero-order chi connectivity index (χ0) is 17.2. The Morgan fingerprint density at radius 3 is 2.08 bits per heavy atom. The molecule has 0 aliphatic carbocycles. The van der Waals surface area contributed by atoms with Crippen LogP contribution in [0, 0.1) is 0 Å². The van der Waals surface area contributed by atoms with Crippen molar-refractivity contribution in [3.63, 3.8) is 0 Å². The largest absolute Gasteiger partial charge is 0.404 e. The summed E-state index contributed by atoms with van der Waals surface area (Å²) >= 11 is 0. The summed E-state index contributed by atoms with van der Waals surface area (Å²) in [5, 5.41) is 2.08. The summed E-state index contributed by atoms with van der Waals surface area (Å²) in [4.78, 5) is 6.38. The first kappa shape index (κ1) is 16.7. The highest BCUT2D eigenvalue weighted by Gasteiger charge is 2.42. The van der Waals surface area contributed by atoms with Crippen molar-refractivity contribution in [3.05, 3.63) is 77.4 Å².